The normalized spacial score (nSPS) is 15.2. The molecule has 1 aliphatic heterocycles. The van der Waals surface area contributed by atoms with E-state index in [4.69, 9.17) is 5.11 Å². The number of rotatable bonds is 4. The Kier molecular flexibility index (Phi) is 4.27. The largest absolute Gasteiger partial charge is 0.480 e. The first-order chi connectivity index (χ1) is 9.49. The van der Waals surface area contributed by atoms with Crippen molar-refractivity contribution in [1.82, 2.24) is 5.32 Å². The monoisotopic (exact) mass is 276 g/mol. The van der Waals surface area contributed by atoms with Crippen molar-refractivity contribution < 1.29 is 14.7 Å². The molecule has 1 aliphatic rings. The summed E-state index contributed by atoms with van der Waals surface area (Å²) < 4.78 is 0. The van der Waals surface area contributed by atoms with Gasteiger partial charge in [-0.1, -0.05) is 13.8 Å². The van der Waals surface area contributed by atoms with Crippen molar-refractivity contribution in [2.75, 3.05) is 11.9 Å². The van der Waals surface area contributed by atoms with Crippen molar-refractivity contribution in [3.8, 4) is 0 Å². The van der Waals surface area contributed by atoms with Crippen LogP contribution in [0.25, 0.3) is 0 Å². The fourth-order valence-electron chi connectivity index (χ4n) is 2.35. The third-order valence-corrected chi connectivity index (χ3v) is 3.53. The van der Waals surface area contributed by atoms with Gasteiger partial charge in [0.2, 0.25) is 0 Å². The number of carboxylic acid groups (broad SMARTS) is 1. The maximum absolute atomic E-state index is 12.2. The molecular weight excluding hydrogens is 256 g/mol. The van der Waals surface area contributed by atoms with Crippen LogP contribution >= 0.6 is 0 Å². The first kappa shape index (κ1) is 14.4. The summed E-state index contributed by atoms with van der Waals surface area (Å²) >= 11 is 0. The molecule has 0 saturated carbocycles. The molecule has 0 aromatic heterocycles. The zero-order valence-electron chi connectivity index (χ0n) is 11.8. The van der Waals surface area contributed by atoms with E-state index < -0.39 is 12.0 Å². The fraction of sp³-hybridized carbons (Fsp3) is 0.467. The summed E-state index contributed by atoms with van der Waals surface area (Å²) in [5.74, 6) is -1.50. The Hall–Kier alpha value is -2.04. The van der Waals surface area contributed by atoms with Crippen molar-refractivity contribution in [3.63, 3.8) is 0 Å². The van der Waals surface area contributed by atoms with E-state index >= 15 is 0 Å². The van der Waals surface area contributed by atoms with Gasteiger partial charge in [0.1, 0.15) is 6.04 Å². The summed E-state index contributed by atoms with van der Waals surface area (Å²) in [5.41, 5.74) is 2.69. The molecule has 108 valence electrons. The highest BCUT2D eigenvalue weighted by Gasteiger charge is 2.24. The number of aliphatic carboxylic acids is 1. The molecule has 2 rings (SSSR count). The van der Waals surface area contributed by atoms with Crippen molar-refractivity contribution in [2.45, 2.75) is 32.7 Å². The number of carbonyl (C=O) groups excluding carboxylic acids is 1. The van der Waals surface area contributed by atoms with E-state index in [2.05, 4.69) is 10.6 Å². The minimum Gasteiger partial charge on any atom is -0.480 e. The van der Waals surface area contributed by atoms with Gasteiger partial charge >= 0.3 is 5.97 Å². The van der Waals surface area contributed by atoms with Crippen LogP contribution in [0.4, 0.5) is 5.69 Å². The minimum atomic E-state index is -1.01. The molecule has 1 aromatic carbocycles. The van der Waals surface area contributed by atoms with E-state index in [-0.39, 0.29) is 11.8 Å². The molecule has 20 heavy (non-hydrogen) atoms. The van der Waals surface area contributed by atoms with Crippen LogP contribution in [0.5, 0.6) is 0 Å². The molecule has 3 N–H and O–H groups in total. The fourth-order valence-corrected chi connectivity index (χ4v) is 2.35. The second kappa shape index (κ2) is 5.94. The molecule has 1 atom stereocenters. The van der Waals surface area contributed by atoms with Gasteiger partial charge in [0, 0.05) is 17.8 Å². The number of hydrogen-bond acceptors (Lipinski definition) is 3. The summed E-state index contributed by atoms with van der Waals surface area (Å²) in [4.78, 5) is 23.3. The Morgan fingerprint density at radius 2 is 2.10 bits per heavy atom. The zero-order chi connectivity index (χ0) is 14.7. The van der Waals surface area contributed by atoms with E-state index in [9.17, 15) is 9.59 Å². The first-order valence-corrected chi connectivity index (χ1v) is 6.89. The Bertz CT molecular complexity index is 526. The van der Waals surface area contributed by atoms with Gasteiger partial charge < -0.3 is 15.7 Å². The van der Waals surface area contributed by atoms with E-state index in [0.717, 1.165) is 30.6 Å². The number of carboxylic acids is 1. The number of nitrogens with one attached hydrogen (secondary N) is 2. The van der Waals surface area contributed by atoms with Crippen LogP contribution in [0.15, 0.2) is 18.2 Å². The lowest BCUT2D eigenvalue weighted by Crippen LogP contribution is -2.44. The van der Waals surface area contributed by atoms with Crippen LogP contribution in [0.3, 0.4) is 0 Å². The first-order valence-electron chi connectivity index (χ1n) is 6.89. The molecule has 0 bridgehead atoms. The molecule has 0 aliphatic carbocycles. The highest BCUT2D eigenvalue weighted by Crippen LogP contribution is 2.23. The van der Waals surface area contributed by atoms with Crippen molar-refractivity contribution in [3.05, 3.63) is 29.3 Å². The lowest BCUT2D eigenvalue weighted by molar-refractivity contribution is -0.140. The summed E-state index contributed by atoms with van der Waals surface area (Å²) in [5, 5.41) is 15.0. The summed E-state index contributed by atoms with van der Waals surface area (Å²) in [6.07, 6.45) is 1.98. The molecule has 0 fully saturated rings. The number of fused-ring (bicyclic) bond motifs is 1. The van der Waals surface area contributed by atoms with Gasteiger partial charge in [-0.05, 0) is 42.5 Å². The Balaban J connectivity index is 2.15. The number of aryl methyl sites for hydroxylation is 1. The van der Waals surface area contributed by atoms with Crippen molar-refractivity contribution >= 4 is 17.6 Å². The number of benzene rings is 1. The summed E-state index contributed by atoms with van der Waals surface area (Å²) in [6.45, 7) is 4.50. The third kappa shape index (κ3) is 3.10. The number of amides is 1. The van der Waals surface area contributed by atoms with Gasteiger partial charge in [-0.3, -0.25) is 4.79 Å². The number of carbonyl (C=O) groups is 2. The molecule has 1 amide bonds. The van der Waals surface area contributed by atoms with Gasteiger partial charge in [0.15, 0.2) is 0 Å². The van der Waals surface area contributed by atoms with E-state index in [0.29, 0.717) is 5.56 Å². The van der Waals surface area contributed by atoms with E-state index in [1.165, 1.54) is 0 Å². The average Bonchev–Trinajstić information content (AvgIpc) is 2.43. The second-order valence-corrected chi connectivity index (χ2v) is 5.44. The lowest BCUT2D eigenvalue weighted by atomic mass is 9.99. The standard InChI is InChI=1S/C15H20N2O3/c1-9(2)13(15(19)20)17-14(18)11-5-6-12-10(8-11)4-3-7-16-12/h5-6,8-9,13,16H,3-4,7H2,1-2H3,(H,17,18)(H,19,20)/t13-/m0/s1. The van der Waals surface area contributed by atoms with Crippen molar-refractivity contribution in [2.24, 2.45) is 5.92 Å². The van der Waals surface area contributed by atoms with Crippen LogP contribution in [0.1, 0.15) is 36.2 Å². The molecule has 0 saturated heterocycles. The molecule has 0 spiro atoms. The highest BCUT2D eigenvalue weighted by molar-refractivity contribution is 5.97. The molecule has 5 heteroatoms. The quantitative estimate of drug-likeness (QED) is 0.784. The molecule has 0 unspecified atom stereocenters. The predicted octanol–water partition coefficient (Wildman–Crippen LogP) is 1.88. The van der Waals surface area contributed by atoms with Gasteiger partial charge in [-0.15, -0.1) is 0 Å². The highest BCUT2D eigenvalue weighted by atomic mass is 16.4. The molecular formula is C15H20N2O3. The Labute approximate surface area is 118 Å². The second-order valence-electron chi connectivity index (χ2n) is 5.44. The predicted molar refractivity (Wildman–Crippen MR) is 77.0 cm³/mol. The Morgan fingerprint density at radius 1 is 1.35 bits per heavy atom. The Morgan fingerprint density at radius 3 is 2.75 bits per heavy atom. The topological polar surface area (TPSA) is 78.4 Å². The average molecular weight is 276 g/mol. The van der Waals surface area contributed by atoms with Crippen LogP contribution in [0.2, 0.25) is 0 Å². The van der Waals surface area contributed by atoms with Gasteiger partial charge in [0.05, 0.1) is 0 Å². The number of anilines is 1. The van der Waals surface area contributed by atoms with E-state index in [1.807, 2.05) is 12.1 Å². The van der Waals surface area contributed by atoms with Gasteiger partial charge in [-0.2, -0.15) is 0 Å². The van der Waals surface area contributed by atoms with Gasteiger partial charge in [0.25, 0.3) is 5.91 Å². The van der Waals surface area contributed by atoms with Crippen LogP contribution in [0, 0.1) is 5.92 Å². The van der Waals surface area contributed by atoms with E-state index in [1.54, 1.807) is 19.9 Å². The summed E-state index contributed by atoms with van der Waals surface area (Å²) in [7, 11) is 0. The third-order valence-electron chi connectivity index (χ3n) is 3.53. The molecule has 1 aromatic rings. The lowest BCUT2D eigenvalue weighted by Gasteiger charge is -2.20. The SMILES string of the molecule is CC(C)[C@H](NC(=O)c1ccc2c(c1)CCCN2)C(=O)O. The maximum Gasteiger partial charge on any atom is 0.326 e. The minimum absolute atomic E-state index is 0.157. The summed E-state index contributed by atoms with van der Waals surface area (Å²) in [6, 6.07) is 4.59. The maximum atomic E-state index is 12.2. The smallest absolute Gasteiger partial charge is 0.326 e. The van der Waals surface area contributed by atoms with Crippen LogP contribution in [-0.2, 0) is 11.2 Å². The molecule has 0 radical (unpaired) electrons. The molecule has 5 nitrogen and oxygen atoms in total. The zero-order valence-corrected chi connectivity index (χ0v) is 11.8. The molecule has 1 heterocycles. The van der Waals surface area contributed by atoms with Crippen LogP contribution in [-0.4, -0.2) is 29.6 Å². The van der Waals surface area contributed by atoms with Crippen molar-refractivity contribution in [1.29, 1.82) is 0 Å². The number of hydrogen-bond donors (Lipinski definition) is 3. The van der Waals surface area contributed by atoms with Gasteiger partial charge in [-0.25, -0.2) is 4.79 Å². The van der Waals surface area contributed by atoms with Crippen LogP contribution < -0.4 is 10.6 Å².